The van der Waals surface area contributed by atoms with E-state index in [1.165, 1.54) is 31.1 Å². The van der Waals surface area contributed by atoms with E-state index in [1.54, 1.807) is 7.05 Å². The Bertz CT molecular complexity index is 539. The molecule has 1 atom stereocenters. The summed E-state index contributed by atoms with van der Waals surface area (Å²) in [6.45, 7) is 0.319. The standard InChI is InChI=1S/C17H23NO3/c1-18-17(14-7-8-14,16(19)20-2)11-21-15-9-6-12-4-3-5-13(12)10-15/h6,9-10,14,18H,3-5,7-8,11H2,1-2H3. The SMILES string of the molecule is CNC(COc1ccc2c(c1)CCC2)(C(=O)OC)C1CC1. The van der Waals surface area contributed by atoms with Gasteiger partial charge in [0.1, 0.15) is 12.4 Å². The summed E-state index contributed by atoms with van der Waals surface area (Å²) in [4.78, 5) is 12.2. The van der Waals surface area contributed by atoms with Crippen molar-refractivity contribution >= 4 is 5.97 Å². The number of hydrogen-bond donors (Lipinski definition) is 1. The third-order valence-electron chi connectivity index (χ3n) is 4.81. The van der Waals surface area contributed by atoms with Crippen LogP contribution in [0.2, 0.25) is 0 Å². The van der Waals surface area contributed by atoms with Crippen molar-refractivity contribution in [3.8, 4) is 5.75 Å². The first-order chi connectivity index (χ1) is 10.2. The number of aryl methyl sites for hydroxylation is 2. The van der Waals surface area contributed by atoms with Gasteiger partial charge in [-0.25, -0.2) is 4.79 Å². The van der Waals surface area contributed by atoms with E-state index in [0.29, 0.717) is 12.5 Å². The van der Waals surface area contributed by atoms with E-state index in [2.05, 4.69) is 17.4 Å². The van der Waals surface area contributed by atoms with Crippen molar-refractivity contribution < 1.29 is 14.3 Å². The molecule has 1 fully saturated rings. The van der Waals surface area contributed by atoms with E-state index in [-0.39, 0.29) is 5.97 Å². The Morgan fingerprint density at radius 3 is 2.76 bits per heavy atom. The summed E-state index contributed by atoms with van der Waals surface area (Å²) in [6, 6.07) is 6.27. The first-order valence-corrected chi connectivity index (χ1v) is 7.71. The largest absolute Gasteiger partial charge is 0.491 e. The maximum Gasteiger partial charge on any atom is 0.329 e. The Kier molecular flexibility index (Phi) is 3.89. The Morgan fingerprint density at radius 2 is 2.10 bits per heavy atom. The smallest absolute Gasteiger partial charge is 0.329 e. The van der Waals surface area contributed by atoms with Crippen LogP contribution in [0.15, 0.2) is 18.2 Å². The lowest BCUT2D eigenvalue weighted by Crippen LogP contribution is -2.57. The number of ether oxygens (including phenoxy) is 2. The van der Waals surface area contributed by atoms with Gasteiger partial charge in [0.2, 0.25) is 0 Å². The molecule has 1 aromatic rings. The first kappa shape index (κ1) is 14.4. The highest BCUT2D eigenvalue weighted by Gasteiger charge is 2.51. The maximum atomic E-state index is 12.2. The fourth-order valence-corrected chi connectivity index (χ4v) is 3.32. The van der Waals surface area contributed by atoms with Gasteiger partial charge < -0.3 is 14.8 Å². The highest BCUT2D eigenvalue weighted by atomic mass is 16.5. The van der Waals surface area contributed by atoms with Crippen LogP contribution in [-0.2, 0) is 22.4 Å². The zero-order chi connectivity index (χ0) is 14.9. The van der Waals surface area contributed by atoms with Crippen molar-refractivity contribution in [3.63, 3.8) is 0 Å². The summed E-state index contributed by atoms with van der Waals surface area (Å²) < 4.78 is 10.9. The van der Waals surface area contributed by atoms with Crippen LogP contribution in [0.5, 0.6) is 5.75 Å². The van der Waals surface area contributed by atoms with E-state index in [4.69, 9.17) is 9.47 Å². The van der Waals surface area contributed by atoms with Crippen LogP contribution in [0.3, 0.4) is 0 Å². The molecule has 1 unspecified atom stereocenters. The number of carbonyl (C=O) groups excluding carboxylic acids is 1. The van der Waals surface area contributed by atoms with Gasteiger partial charge in [0, 0.05) is 0 Å². The molecule has 0 radical (unpaired) electrons. The van der Waals surface area contributed by atoms with Crippen molar-refractivity contribution in [2.45, 2.75) is 37.6 Å². The number of likely N-dealkylation sites (N-methyl/N-ethyl adjacent to an activating group) is 1. The number of carbonyl (C=O) groups is 1. The van der Waals surface area contributed by atoms with Gasteiger partial charge in [-0.15, -0.1) is 0 Å². The first-order valence-electron chi connectivity index (χ1n) is 7.71. The van der Waals surface area contributed by atoms with Crippen LogP contribution in [0, 0.1) is 5.92 Å². The van der Waals surface area contributed by atoms with Gasteiger partial charge in [0.05, 0.1) is 7.11 Å². The van der Waals surface area contributed by atoms with E-state index >= 15 is 0 Å². The summed E-state index contributed by atoms with van der Waals surface area (Å²) in [5.41, 5.74) is 2.10. The molecule has 0 spiro atoms. The van der Waals surface area contributed by atoms with Gasteiger partial charge in [-0.3, -0.25) is 0 Å². The molecule has 0 bridgehead atoms. The highest BCUT2D eigenvalue weighted by Crippen LogP contribution is 2.40. The van der Waals surface area contributed by atoms with Crippen molar-refractivity contribution in [1.82, 2.24) is 5.32 Å². The monoisotopic (exact) mass is 289 g/mol. The van der Waals surface area contributed by atoms with Gasteiger partial charge >= 0.3 is 5.97 Å². The number of nitrogens with one attached hydrogen (secondary N) is 1. The van der Waals surface area contributed by atoms with Crippen molar-refractivity contribution in [2.75, 3.05) is 20.8 Å². The molecule has 4 nitrogen and oxygen atoms in total. The van der Waals surface area contributed by atoms with Gasteiger partial charge in [0.15, 0.2) is 5.54 Å². The minimum Gasteiger partial charge on any atom is -0.491 e. The molecule has 3 rings (SSSR count). The summed E-state index contributed by atoms with van der Waals surface area (Å²) in [6.07, 6.45) is 5.61. The van der Waals surface area contributed by atoms with Crippen LogP contribution in [0.25, 0.3) is 0 Å². The highest BCUT2D eigenvalue weighted by molar-refractivity contribution is 5.82. The fraction of sp³-hybridized carbons (Fsp3) is 0.588. The van der Waals surface area contributed by atoms with Crippen molar-refractivity contribution in [3.05, 3.63) is 29.3 Å². The molecule has 2 aliphatic carbocycles. The second-order valence-electron chi connectivity index (χ2n) is 6.06. The quantitative estimate of drug-likeness (QED) is 0.815. The fourth-order valence-electron chi connectivity index (χ4n) is 3.32. The molecule has 1 N–H and O–H groups in total. The summed E-state index contributed by atoms with van der Waals surface area (Å²) in [5.74, 6) is 0.929. The van der Waals surface area contributed by atoms with Gasteiger partial charge in [-0.05, 0) is 68.3 Å². The zero-order valence-corrected chi connectivity index (χ0v) is 12.8. The number of fused-ring (bicyclic) bond motifs is 1. The molecule has 21 heavy (non-hydrogen) atoms. The Morgan fingerprint density at radius 1 is 1.33 bits per heavy atom. The topological polar surface area (TPSA) is 47.6 Å². The second kappa shape index (κ2) is 5.68. The lowest BCUT2D eigenvalue weighted by atomic mass is 9.94. The molecule has 4 heteroatoms. The Hall–Kier alpha value is -1.55. The van der Waals surface area contributed by atoms with Crippen LogP contribution in [-0.4, -0.2) is 32.3 Å². The van der Waals surface area contributed by atoms with Crippen LogP contribution < -0.4 is 10.1 Å². The lowest BCUT2D eigenvalue weighted by Gasteiger charge is -2.30. The van der Waals surface area contributed by atoms with Crippen LogP contribution >= 0.6 is 0 Å². The van der Waals surface area contributed by atoms with E-state index < -0.39 is 5.54 Å². The van der Waals surface area contributed by atoms with Crippen LogP contribution in [0.1, 0.15) is 30.4 Å². The van der Waals surface area contributed by atoms with E-state index in [9.17, 15) is 4.79 Å². The Labute approximate surface area is 125 Å². The summed E-state index contributed by atoms with van der Waals surface area (Å²) in [7, 11) is 3.24. The van der Waals surface area contributed by atoms with E-state index in [0.717, 1.165) is 25.0 Å². The molecule has 1 saturated carbocycles. The van der Waals surface area contributed by atoms with Gasteiger partial charge in [0.25, 0.3) is 0 Å². The minimum atomic E-state index is -0.715. The average Bonchev–Trinajstić information content (AvgIpc) is 3.26. The Balaban J connectivity index is 1.73. The predicted molar refractivity (Wildman–Crippen MR) is 80.5 cm³/mol. The molecule has 1 aromatic carbocycles. The maximum absolute atomic E-state index is 12.2. The number of methoxy groups -OCH3 is 1. The molecule has 0 heterocycles. The third-order valence-corrected chi connectivity index (χ3v) is 4.81. The van der Waals surface area contributed by atoms with Crippen molar-refractivity contribution in [2.24, 2.45) is 5.92 Å². The van der Waals surface area contributed by atoms with E-state index in [1.807, 2.05) is 6.07 Å². The molecule has 0 saturated heterocycles. The average molecular weight is 289 g/mol. The lowest BCUT2D eigenvalue weighted by molar-refractivity contribution is -0.151. The minimum absolute atomic E-state index is 0.228. The molecular formula is C17H23NO3. The second-order valence-corrected chi connectivity index (χ2v) is 6.06. The number of benzene rings is 1. The molecular weight excluding hydrogens is 266 g/mol. The molecule has 0 aliphatic heterocycles. The molecule has 0 aromatic heterocycles. The normalized spacial score (nSPS) is 19.7. The van der Waals surface area contributed by atoms with Gasteiger partial charge in [-0.1, -0.05) is 6.07 Å². The molecule has 0 amide bonds. The molecule has 2 aliphatic rings. The number of esters is 1. The summed E-state index contributed by atoms with van der Waals surface area (Å²) in [5, 5.41) is 3.15. The molecule has 114 valence electrons. The third kappa shape index (κ3) is 2.64. The van der Waals surface area contributed by atoms with Crippen LogP contribution in [0.4, 0.5) is 0 Å². The van der Waals surface area contributed by atoms with Crippen molar-refractivity contribution in [1.29, 1.82) is 0 Å². The number of rotatable bonds is 6. The zero-order valence-electron chi connectivity index (χ0n) is 12.8. The summed E-state index contributed by atoms with van der Waals surface area (Å²) >= 11 is 0. The predicted octanol–water partition coefficient (Wildman–Crippen LogP) is 2.10. The number of hydrogen-bond acceptors (Lipinski definition) is 4. The van der Waals surface area contributed by atoms with Gasteiger partial charge in [-0.2, -0.15) is 0 Å².